The highest BCUT2D eigenvalue weighted by molar-refractivity contribution is 5.94. The van der Waals surface area contributed by atoms with Crippen molar-refractivity contribution in [2.24, 2.45) is 0 Å². The monoisotopic (exact) mass is 507 g/mol. The van der Waals surface area contributed by atoms with E-state index in [2.05, 4.69) is 5.32 Å². The molecule has 6 rings (SSSR count). The minimum absolute atomic E-state index is 0.0892. The van der Waals surface area contributed by atoms with E-state index in [0.717, 1.165) is 0 Å². The van der Waals surface area contributed by atoms with Crippen molar-refractivity contribution in [1.29, 1.82) is 0 Å². The van der Waals surface area contributed by atoms with Gasteiger partial charge in [0.25, 0.3) is 5.91 Å². The van der Waals surface area contributed by atoms with E-state index in [-0.39, 0.29) is 12.3 Å². The quantitative estimate of drug-likeness (QED) is 0.339. The number of methoxy groups -OCH3 is 1. The average Bonchev–Trinajstić information content (AvgIpc) is 2.94. The third kappa shape index (κ3) is 4.22. The molecule has 188 valence electrons. The highest BCUT2D eigenvalue weighted by Gasteiger charge is 2.31. The molecule has 1 atom stereocenters. The summed E-state index contributed by atoms with van der Waals surface area (Å²) in [5.41, 5.74) is 1.71. The van der Waals surface area contributed by atoms with Gasteiger partial charge in [-0.05, 0) is 54.1 Å². The Bertz CT molecular complexity index is 1800. The van der Waals surface area contributed by atoms with Crippen LogP contribution in [0, 0.1) is 0 Å². The van der Waals surface area contributed by atoms with Gasteiger partial charge in [-0.1, -0.05) is 30.3 Å². The molecular formula is C30H21NO7. The summed E-state index contributed by atoms with van der Waals surface area (Å²) in [5.74, 6) is 1.04. The Morgan fingerprint density at radius 3 is 2.50 bits per heavy atom. The first-order valence-electron chi connectivity index (χ1n) is 11.9. The predicted octanol–water partition coefficient (Wildman–Crippen LogP) is 4.83. The number of carbonyl (C=O) groups excluding carboxylic acids is 1. The molecule has 1 amide bonds. The highest BCUT2D eigenvalue weighted by atomic mass is 16.5. The molecule has 2 aromatic heterocycles. The summed E-state index contributed by atoms with van der Waals surface area (Å²) < 4.78 is 22.6. The van der Waals surface area contributed by atoms with E-state index in [9.17, 15) is 14.4 Å². The molecule has 8 nitrogen and oxygen atoms in total. The molecule has 3 heterocycles. The Hall–Kier alpha value is -5.11. The van der Waals surface area contributed by atoms with Gasteiger partial charge in [0, 0.05) is 29.0 Å². The van der Waals surface area contributed by atoms with Crippen LogP contribution < -0.4 is 26.0 Å². The standard InChI is InChI=1S/C30H21NO7/c1-35-20-11-12-25-22(16-20)18(15-26(32)36-25)13-19-14-23-27(38-30(19)34)21-9-5-6-10-24(21)37-29(23)31-28(33)17-7-3-2-4-8-17/h2-12,14-16,29H,13H2,1H3,(H,31,33). The lowest BCUT2D eigenvalue weighted by molar-refractivity contribution is 0.0819. The number of nitrogens with one attached hydrogen (secondary N) is 1. The Morgan fingerprint density at radius 2 is 1.68 bits per heavy atom. The number of hydrogen-bond acceptors (Lipinski definition) is 7. The lowest BCUT2D eigenvalue weighted by atomic mass is 9.97. The summed E-state index contributed by atoms with van der Waals surface area (Å²) in [5, 5.41) is 3.53. The molecule has 0 aliphatic carbocycles. The van der Waals surface area contributed by atoms with Gasteiger partial charge in [0.15, 0.2) is 5.76 Å². The molecule has 0 radical (unpaired) electrons. The normalized spacial score (nSPS) is 13.8. The number of carbonyl (C=O) groups is 1. The van der Waals surface area contributed by atoms with E-state index in [1.807, 2.05) is 12.1 Å². The largest absolute Gasteiger partial charge is 0.497 e. The molecule has 3 aromatic carbocycles. The molecule has 0 spiro atoms. The number of rotatable bonds is 5. The van der Waals surface area contributed by atoms with Gasteiger partial charge in [-0.25, -0.2) is 9.59 Å². The molecule has 0 fully saturated rings. The van der Waals surface area contributed by atoms with E-state index in [4.69, 9.17) is 18.3 Å². The molecule has 1 N–H and O–H groups in total. The van der Waals surface area contributed by atoms with Crippen LogP contribution in [0.3, 0.4) is 0 Å². The fraction of sp³-hybridized carbons (Fsp3) is 0.100. The smallest absolute Gasteiger partial charge is 0.339 e. The molecule has 38 heavy (non-hydrogen) atoms. The van der Waals surface area contributed by atoms with Crippen molar-refractivity contribution in [3.63, 3.8) is 0 Å². The van der Waals surface area contributed by atoms with Crippen molar-refractivity contribution >= 4 is 16.9 Å². The van der Waals surface area contributed by atoms with Crippen molar-refractivity contribution in [3.05, 3.63) is 128 Å². The first kappa shape index (κ1) is 23.3. The summed E-state index contributed by atoms with van der Waals surface area (Å²) in [6, 6.07) is 24.0. The Morgan fingerprint density at radius 1 is 0.895 bits per heavy atom. The van der Waals surface area contributed by atoms with E-state index in [1.165, 1.54) is 6.07 Å². The first-order chi connectivity index (χ1) is 18.5. The Balaban J connectivity index is 1.45. The molecule has 1 aliphatic rings. The van der Waals surface area contributed by atoms with E-state index >= 15 is 0 Å². The van der Waals surface area contributed by atoms with Gasteiger partial charge in [-0.3, -0.25) is 4.79 Å². The third-order valence-corrected chi connectivity index (χ3v) is 6.42. The molecular weight excluding hydrogens is 486 g/mol. The summed E-state index contributed by atoms with van der Waals surface area (Å²) in [7, 11) is 1.54. The van der Waals surface area contributed by atoms with Crippen LogP contribution in [0.15, 0.2) is 103 Å². The molecule has 1 unspecified atom stereocenters. The van der Waals surface area contributed by atoms with Gasteiger partial charge in [0.05, 0.1) is 18.2 Å². The van der Waals surface area contributed by atoms with Crippen molar-refractivity contribution < 1.29 is 23.1 Å². The number of benzene rings is 3. The Labute approximate surface area is 216 Å². The summed E-state index contributed by atoms with van der Waals surface area (Å²) in [6.07, 6.45) is -0.820. The van der Waals surface area contributed by atoms with E-state index in [1.54, 1.807) is 73.8 Å². The molecule has 5 aromatic rings. The maximum absolute atomic E-state index is 13.2. The molecule has 0 bridgehead atoms. The van der Waals surface area contributed by atoms with Gasteiger partial charge in [-0.2, -0.15) is 0 Å². The van der Waals surface area contributed by atoms with Crippen LogP contribution in [0.25, 0.3) is 22.3 Å². The average molecular weight is 507 g/mol. The number of fused-ring (bicyclic) bond motifs is 4. The zero-order chi connectivity index (χ0) is 26.2. The number of amides is 1. The zero-order valence-electron chi connectivity index (χ0n) is 20.2. The van der Waals surface area contributed by atoms with Crippen LogP contribution in [0.1, 0.15) is 33.3 Å². The van der Waals surface area contributed by atoms with Crippen molar-refractivity contribution in [2.75, 3.05) is 7.11 Å². The highest BCUT2D eigenvalue weighted by Crippen LogP contribution is 2.41. The van der Waals surface area contributed by atoms with Crippen LogP contribution in [0.2, 0.25) is 0 Å². The lowest BCUT2D eigenvalue weighted by Gasteiger charge is -2.28. The van der Waals surface area contributed by atoms with Crippen LogP contribution in [-0.4, -0.2) is 13.0 Å². The van der Waals surface area contributed by atoms with Gasteiger partial charge in [0.1, 0.15) is 17.1 Å². The van der Waals surface area contributed by atoms with Gasteiger partial charge in [0.2, 0.25) is 6.23 Å². The second kappa shape index (κ2) is 9.40. The molecule has 0 saturated heterocycles. The minimum atomic E-state index is -0.909. The SMILES string of the molecule is COc1ccc2oc(=O)cc(Cc3cc4c(oc3=O)-c3ccccc3OC4NC(=O)c3ccccc3)c2c1. The number of para-hydroxylation sites is 1. The summed E-state index contributed by atoms with van der Waals surface area (Å²) >= 11 is 0. The van der Waals surface area contributed by atoms with E-state index < -0.39 is 17.5 Å². The van der Waals surface area contributed by atoms with Crippen LogP contribution >= 0.6 is 0 Å². The second-order valence-electron chi connectivity index (χ2n) is 8.81. The maximum atomic E-state index is 13.2. The molecule has 0 saturated carbocycles. The minimum Gasteiger partial charge on any atom is -0.497 e. The summed E-state index contributed by atoms with van der Waals surface area (Å²) in [6.45, 7) is 0. The molecule has 1 aliphatic heterocycles. The van der Waals surface area contributed by atoms with Crippen LogP contribution in [-0.2, 0) is 6.42 Å². The topological polar surface area (TPSA) is 108 Å². The lowest BCUT2D eigenvalue weighted by Crippen LogP contribution is -2.34. The Kier molecular flexibility index (Phi) is 5.76. The van der Waals surface area contributed by atoms with E-state index in [0.29, 0.717) is 56.0 Å². The fourth-order valence-corrected chi connectivity index (χ4v) is 4.59. The van der Waals surface area contributed by atoms with Gasteiger partial charge >= 0.3 is 11.3 Å². The van der Waals surface area contributed by atoms with Crippen LogP contribution in [0.5, 0.6) is 11.5 Å². The summed E-state index contributed by atoms with van der Waals surface area (Å²) in [4.78, 5) is 38.4. The van der Waals surface area contributed by atoms with Crippen molar-refractivity contribution in [1.82, 2.24) is 5.32 Å². The predicted molar refractivity (Wildman–Crippen MR) is 140 cm³/mol. The molecule has 8 heteroatoms. The maximum Gasteiger partial charge on any atom is 0.339 e. The van der Waals surface area contributed by atoms with Gasteiger partial charge in [-0.15, -0.1) is 0 Å². The fourth-order valence-electron chi connectivity index (χ4n) is 4.59. The second-order valence-corrected chi connectivity index (χ2v) is 8.81. The number of ether oxygens (including phenoxy) is 2. The van der Waals surface area contributed by atoms with Crippen LogP contribution in [0.4, 0.5) is 0 Å². The zero-order valence-corrected chi connectivity index (χ0v) is 20.2. The van der Waals surface area contributed by atoms with Crippen molar-refractivity contribution in [2.45, 2.75) is 12.6 Å². The van der Waals surface area contributed by atoms with Crippen molar-refractivity contribution in [3.8, 4) is 22.8 Å². The number of hydrogen-bond donors (Lipinski definition) is 1. The first-order valence-corrected chi connectivity index (χ1v) is 11.9. The third-order valence-electron chi connectivity index (χ3n) is 6.42. The van der Waals surface area contributed by atoms with Gasteiger partial charge < -0.3 is 23.6 Å².